The Labute approximate surface area is 162 Å². The highest BCUT2D eigenvalue weighted by Gasteiger charge is 2.31. The van der Waals surface area contributed by atoms with Crippen molar-refractivity contribution in [3.05, 3.63) is 45.5 Å². The number of carbonyl (C=O) groups excluding carboxylic acids is 1. The highest BCUT2D eigenvalue weighted by molar-refractivity contribution is 7.15. The maximum atomic E-state index is 12.8. The van der Waals surface area contributed by atoms with Crippen LogP contribution in [-0.2, 0) is 0 Å². The van der Waals surface area contributed by atoms with Gasteiger partial charge in [-0.3, -0.25) is 4.79 Å². The molecule has 11 heteroatoms. The number of nitrogens with zero attached hydrogens (tertiary/aromatic N) is 5. The average molecular weight is 401 g/mol. The van der Waals surface area contributed by atoms with Crippen molar-refractivity contribution in [3.63, 3.8) is 0 Å². The fourth-order valence-electron chi connectivity index (χ4n) is 3.48. The van der Waals surface area contributed by atoms with E-state index in [0.29, 0.717) is 54.0 Å². The van der Waals surface area contributed by atoms with E-state index >= 15 is 0 Å². The molecule has 4 heterocycles. The standard InChI is InChI=1S/C17H15N5O5S/c23-16(11-1-2-12-13(9-11)27-10-26-12)20-5-3-19(4-6-20)14-15(22(24)25)21-7-8-28-17(21)18-14/h1-2,7-9H,3-6,10H2. The Morgan fingerprint density at radius 3 is 2.75 bits per heavy atom. The minimum atomic E-state index is -0.411. The van der Waals surface area contributed by atoms with Crippen LogP contribution in [-0.4, -0.2) is 58.1 Å². The number of anilines is 1. The minimum absolute atomic E-state index is 0.0354. The lowest BCUT2D eigenvalue weighted by Gasteiger charge is -2.34. The lowest BCUT2D eigenvalue weighted by atomic mass is 10.1. The number of imidazole rings is 1. The van der Waals surface area contributed by atoms with Crippen molar-refractivity contribution in [2.24, 2.45) is 0 Å². The summed E-state index contributed by atoms with van der Waals surface area (Å²) in [5, 5.41) is 13.3. The fraction of sp³-hybridized carbons (Fsp3) is 0.294. The predicted molar refractivity (Wildman–Crippen MR) is 100 cm³/mol. The number of hydrogen-bond acceptors (Lipinski definition) is 8. The number of aromatic nitrogens is 2. The van der Waals surface area contributed by atoms with Gasteiger partial charge in [-0.25, -0.2) is 0 Å². The predicted octanol–water partition coefficient (Wildman–Crippen LogP) is 2.00. The van der Waals surface area contributed by atoms with Crippen molar-refractivity contribution < 1.29 is 19.2 Å². The van der Waals surface area contributed by atoms with Gasteiger partial charge in [-0.05, 0) is 23.1 Å². The summed E-state index contributed by atoms with van der Waals surface area (Å²) in [6.45, 7) is 2.02. The Balaban J connectivity index is 1.33. The van der Waals surface area contributed by atoms with E-state index < -0.39 is 4.92 Å². The number of nitro groups is 1. The van der Waals surface area contributed by atoms with Gasteiger partial charge in [0.1, 0.15) is 6.20 Å². The van der Waals surface area contributed by atoms with E-state index in [2.05, 4.69) is 4.98 Å². The second kappa shape index (κ2) is 6.37. The molecule has 0 radical (unpaired) electrons. The number of piperazine rings is 1. The van der Waals surface area contributed by atoms with Gasteiger partial charge in [0.25, 0.3) is 10.9 Å². The number of hydrogen-bond donors (Lipinski definition) is 0. The quantitative estimate of drug-likeness (QED) is 0.488. The summed E-state index contributed by atoms with van der Waals surface area (Å²) in [7, 11) is 0. The molecule has 28 heavy (non-hydrogen) atoms. The molecule has 0 aliphatic carbocycles. The molecule has 10 nitrogen and oxygen atoms in total. The molecule has 1 fully saturated rings. The van der Waals surface area contributed by atoms with Crippen LogP contribution in [0.1, 0.15) is 10.4 Å². The van der Waals surface area contributed by atoms with Gasteiger partial charge < -0.3 is 29.4 Å². The number of benzene rings is 1. The fourth-order valence-corrected chi connectivity index (χ4v) is 4.18. The Bertz CT molecular complexity index is 1080. The Hall–Kier alpha value is -3.34. The highest BCUT2D eigenvalue weighted by Crippen LogP contribution is 2.34. The first-order chi connectivity index (χ1) is 13.6. The molecular formula is C17H15N5O5S. The Morgan fingerprint density at radius 1 is 1.18 bits per heavy atom. The number of carbonyl (C=O) groups is 1. The summed E-state index contributed by atoms with van der Waals surface area (Å²) in [5.74, 6) is 1.42. The number of ether oxygens (including phenoxy) is 2. The van der Waals surface area contributed by atoms with Crippen LogP contribution >= 0.6 is 11.3 Å². The van der Waals surface area contributed by atoms with E-state index in [0.717, 1.165) is 0 Å². The highest BCUT2D eigenvalue weighted by atomic mass is 32.1. The van der Waals surface area contributed by atoms with E-state index in [1.165, 1.54) is 15.7 Å². The van der Waals surface area contributed by atoms with Crippen LogP contribution in [0.4, 0.5) is 11.6 Å². The molecule has 3 aromatic rings. The third kappa shape index (κ3) is 2.62. The molecule has 144 valence electrons. The topological polar surface area (TPSA) is 102 Å². The van der Waals surface area contributed by atoms with E-state index in [1.807, 2.05) is 4.90 Å². The van der Waals surface area contributed by atoms with Crippen LogP contribution in [0.15, 0.2) is 29.8 Å². The van der Waals surface area contributed by atoms with Gasteiger partial charge in [-0.1, -0.05) is 11.3 Å². The zero-order valence-electron chi connectivity index (χ0n) is 14.6. The van der Waals surface area contributed by atoms with Crippen LogP contribution in [0.3, 0.4) is 0 Å². The summed E-state index contributed by atoms with van der Waals surface area (Å²) in [4.78, 5) is 32.5. The minimum Gasteiger partial charge on any atom is -0.454 e. The lowest BCUT2D eigenvalue weighted by Crippen LogP contribution is -2.49. The van der Waals surface area contributed by atoms with Crippen molar-refractivity contribution in [1.29, 1.82) is 0 Å². The van der Waals surface area contributed by atoms with Crippen LogP contribution in [0.2, 0.25) is 0 Å². The SMILES string of the molecule is O=C(c1ccc2c(c1)OCO2)N1CCN(c2nc3sccn3c2[N+](=O)[O-])CC1. The van der Waals surface area contributed by atoms with E-state index in [1.54, 1.807) is 34.7 Å². The van der Waals surface area contributed by atoms with Gasteiger partial charge in [-0.15, -0.1) is 0 Å². The molecule has 5 rings (SSSR count). The first kappa shape index (κ1) is 16.8. The maximum Gasteiger partial charge on any atom is 0.373 e. The zero-order chi connectivity index (χ0) is 19.3. The van der Waals surface area contributed by atoms with Crippen molar-refractivity contribution in [3.8, 4) is 11.5 Å². The Morgan fingerprint density at radius 2 is 1.96 bits per heavy atom. The normalized spacial score (nSPS) is 16.0. The molecule has 2 aromatic heterocycles. The first-order valence-corrected chi connectivity index (χ1v) is 9.53. The molecule has 2 aliphatic heterocycles. The Kier molecular flexibility index (Phi) is 3.83. The van der Waals surface area contributed by atoms with Gasteiger partial charge in [0.05, 0.1) is 0 Å². The molecule has 0 atom stereocenters. The van der Waals surface area contributed by atoms with Crippen molar-refractivity contribution >= 4 is 33.8 Å². The molecule has 2 aliphatic rings. The van der Waals surface area contributed by atoms with Crippen LogP contribution in [0.5, 0.6) is 11.5 Å². The summed E-state index contributed by atoms with van der Waals surface area (Å²) in [6.07, 6.45) is 1.65. The largest absolute Gasteiger partial charge is 0.454 e. The summed E-state index contributed by atoms with van der Waals surface area (Å²) in [5.41, 5.74) is 0.534. The smallest absolute Gasteiger partial charge is 0.373 e. The molecule has 1 aromatic carbocycles. The van der Waals surface area contributed by atoms with Crippen LogP contribution in [0.25, 0.3) is 4.96 Å². The molecule has 1 saturated heterocycles. The average Bonchev–Trinajstić information content (AvgIpc) is 3.41. The third-order valence-corrected chi connectivity index (χ3v) is 5.63. The van der Waals surface area contributed by atoms with Crippen LogP contribution < -0.4 is 14.4 Å². The number of rotatable bonds is 3. The van der Waals surface area contributed by atoms with E-state index in [9.17, 15) is 14.9 Å². The van der Waals surface area contributed by atoms with Crippen molar-refractivity contribution in [2.75, 3.05) is 37.9 Å². The summed E-state index contributed by atoms with van der Waals surface area (Å²) >= 11 is 1.35. The molecule has 0 spiro atoms. The molecule has 0 bridgehead atoms. The van der Waals surface area contributed by atoms with Gasteiger partial charge in [0.15, 0.2) is 11.5 Å². The number of thiazole rings is 1. The first-order valence-electron chi connectivity index (χ1n) is 8.65. The van der Waals surface area contributed by atoms with Gasteiger partial charge in [-0.2, -0.15) is 9.38 Å². The number of fused-ring (bicyclic) bond motifs is 2. The van der Waals surface area contributed by atoms with Crippen molar-refractivity contribution in [1.82, 2.24) is 14.3 Å². The lowest BCUT2D eigenvalue weighted by molar-refractivity contribution is -0.389. The van der Waals surface area contributed by atoms with E-state index in [-0.39, 0.29) is 18.5 Å². The van der Waals surface area contributed by atoms with Crippen LogP contribution in [0, 0.1) is 10.1 Å². The second-order valence-corrected chi connectivity index (χ2v) is 7.29. The molecule has 0 saturated carbocycles. The van der Waals surface area contributed by atoms with Gasteiger partial charge >= 0.3 is 5.82 Å². The second-order valence-electron chi connectivity index (χ2n) is 6.42. The third-order valence-electron chi connectivity index (χ3n) is 4.88. The number of amides is 1. The molecule has 1 amide bonds. The molecular weight excluding hydrogens is 386 g/mol. The molecule has 0 unspecified atom stereocenters. The zero-order valence-corrected chi connectivity index (χ0v) is 15.4. The summed E-state index contributed by atoms with van der Waals surface area (Å²) < 4.78 is 12.1. The van der Waals surface area contributed by atoms with Gasteiger partial charge in [0, 0.05) is 37.1 Å². The molecule has 0 N–H and O–H groups in total. The summed E-state index contributed by atoms with van der Waals surface area (Å²) in [6, 6.07) is 5.13. The maximum absolute atomic E-state index is 12.8. The van der Waals surface area contributed by atoms with Gasteiger partial charge in [0.2, 0.25) is 12.6 Å². The monoisotopic (exact) mass is 401 g/mol. The van der Waals surface area contributed by atoms with Crippen molar-refractivity contribution in [2.45, 2.75) is 0 Å². The van der Waals surface area contributed by atoms with E-state index in [4.69, 9.17) is 9.47 Å².